The first-order chi connectivity index (χ1) is 9.24. The van der Waals surface area contributed by atoms with Gasteiger partial charge in [0, 0.05) is 11.1 Å². The van der Waals surface area contributed by atoms with Gasteiger partial charge in [0.25, 0.3) is 0 Å². The Balaban J connectivity index is 2.01. The quantitative estimate of drug-likeness (QED) is 0.719. The Morgan fingerprint density at radius 1 is 0.737 bits per heavy atom. The molecule has 1 atom stereocenters. The van der Waals surface area contributed by atoms with Gasteiger partial charge < -0.3 is 5.73 Å². The van der Waals surface area contributed by atoms with Crippen molar-refractivity contribution in [2.75, 3.05) is 0 Å². The Kier molecular flexibility index (Phi) is 3.06. The zero-order valence-corrected chi connectivity index (χ0v) is 11.1. The van der Waals surface area contributed by atoms with Gasteiger partial charge >= 0.3 is 0 Å². The van der Waals surface area contributed by atoms with Crippen molar-refractivity contribution in [3.05, 3.63) is 83.4 Å². The molecule has 0 aliphatic rings. The molecule has 1 heteroatoms. The Morgan fingerprint density at radius 2 is 1.37 bits per heavy atom. The zero-order chi connectivity index (χ0) is 13.2. The van der Waals surface area contributed by atoms with Gasteiger partial charge in [-0.25, -0.2) is 0 Å². The van der Waals surface area contributed by atoms with E-state index in [-0.39, 0.29) is 6.04 Å². The number of quaternary nitrogens is 1. The third kappa shape index (κ3) is 2.38. The lowest BCUT2D eigenvalue weighted by Crippen LogP contribution is -2.54. The number of benzene rings is 3. The van der Waals surface area contributed by atoms with E-state index >= 15 is 0 Å². The summed E-state index contributed by atoms with van der Waals surface area (Å²) >= 11 is 0. The first-order valence-corrected chi connectivity index (χ1v) is 6.62. The second kappa shape index (κ2) is 4.87. The van der Waals surface area contributed by atoms with Crippen LogP contribution in [0.25, 0.3) is 10.8 Å². The van der Waals surface area contributed by atoms with E-state index in [1.54, 1.807) is 0 Å². The van der Waals surface area contributed by atoms with Gasteiger partial charge in [0.05, 0.1) is 0 Å². The fraction of sp³-hybridized carbons (Fsp3) is 0.111. The highest BCUT2D eigenvalue weighted by atomic mass is 14.6. The third-order valence-corrected chi connectivity index (χ3v) is 3.66. The van der Waals surface area contributed by atoms with Crippen LogP contribution in [0.3, 0.4) is 0 Å². The highest BCUT2D eigenvalue weighted by Gasteiger charge is 2.12. The molecule has 0 bridgehead atoms. The predicted molar refractivity (Wildman–Crippen MR) is 79.9 cm³/mol. The number of aryl methyl sites for hydroxylation is 1. The Bertz CT molecular complexity index is 698. The van der Waals surface area contributed by atoms with Crippen LogP contribution >= 0.6 is 0 Å². The fourth-order valence-electron chi connectivity index (χ4n) is 2.42. The molecule has 19 heavy (non-hydrogen) atoms. The highest BCUT2D eigenvalue weighted by Crippen LogP contribution is 2.22. The molecule has 0 saturated heterocycles. The van der Waals surface area contributed by atoms with Crippen molar-refractivity contribution in [3.63, 3.8) is 0 Å². The van der Waals surface area contributed by atoms with Crippen molar-refractivity contribution in [2.45, 2.75) is 13.0 Å². The topological polar surface area (TPSA) is 27.6 Å². The summed E-state index contributed by atoms with van der Waals surface area (Å²) in [7, 11) is 0. The molecule has 94 valence electrons. The predicted octanol–water partition coefficient (Wildman–Crippen LogP) is 3.48. The van der Waals surface area contributed by atoms with Gasteiger partial charge in [0.1, 0.15) is 6.04 Å². The second-order valence-electron chi connectivity index (χ2n) is 5.07. The molecule has 1 nitrogen and oxygen atoms in total. The minimum absolute atomic E-state index is 0.185. The van der Waals surface area contributed by atoms with E-state index in [4.69, 9.17) is 0 Å². The van der Waals surface area contributed by atoms with Gasteiger partial charge in [-0.2, -0.15) is 0 Å². The van der Waals surface area contributed by atoms with Crippen molar-refractivity contribution in [1.82, 2.24) is 0 Å². The zero-order valence-electron chi connectivity index (χ0n) is 11.1. The van der Waals surface area contributed by atoms with Crippen molar-refractivity contribution in [2.24, 2.45) is 0 Å². The van der Waals surface area contributed by atoms with Crippen LogP contribution in [0, 0.1) is 6.92 Å². The minimum Gasteiger partial charge on any atom is -0.348 e. The molecule has 0 amide bonds. The molecule has 0 saturated carbocycles. The van der Waals surface area contributed by atoms with E-state index < -0.39 is 0 Å². The molecular formula is C18H18N+. The summed E-state index contributed by atoms with van der Waals surface area (Å²) in [4.78, 5) is 0. The first kappa shape index (κ1) is 11.9. The molecule has 0 aromatic heterocycles. The Hall–Kier alpha value is -2.12. The Morgan fingerprint density at radius 3 is 2.11 bits per heavy atom. The molecule has 1 unspecified atom stereocenters. The molecule has 0 heterocycles. The minimum atomic E-state index is 0.185. The van der Waals surface area contributed by atoms with Crippen LogP contribution < -0.4 is 5.73 Å². The van der Waals surface area contributed by atoms with Gasteiger partial charge in [0.2, 0.25) is 0 Å². The lowest BCUT2D eigenvalue weighted by molar-refractivity contribution is -0.411. The van der Waals surface area contributed by atoms with Crippen LogP contribution in [-0.2, 0) is 0 Å². The van der Waals surface area contributed by atoms with Crippen LogP contribution in [0.4, 0.5) is 0 Å². The number of fused-ring (bicyclic) bond motifs is 1. The van der Waals surface area contributed by atoms with Gasteiger partial charge in [-0.05, 0) is 23.8 Å². The van der Waals surface area contributed by atoms with Gasteiger partial charge in [0.15, 0.2) is 0 Å². The fourth-order valence-corrected chi connectivity index (χ4v) is 2.42. The third-order valence-electron chi connectivity index (χ3n) is 3.66. The van der Waals surface area contributed by atoms with Gasteiger partial charge in [-0.1, -0.05) is 66.2 Å². The molecule has 0 aliphatic heterocycles. The summed E-state index contributed by atoms with van der Waals surface area (Å²) < 4.78 is 0. The monoisotopic (exact) mass is 248 g/mol. The molecular weight excluding hydrogens is 230 g/mol. The number of rotatable bonds is 2. The lowest BCUT2D eigenvalue weighted by Gasteiger charge is -2.10. The molecule has 3 aromatic rings. The number of hydrogen-bond acceptors (Lipinski definition) is 0. The second-order valence-corrected chi connectivity index (χ2v) is 5.07. The molecule has 0 fully saturated rings. The van der Waals surface area contributed by atoms with Crippen LogP contribution in [-0.4, -0.2) is 0 Å². The van der Waals surface area contributed by atoms with Crippen LogP contribution in [0.2, 0.25) is 0 Å². The summed E-state index contributed by atoms with van der Waals surface area (Å²) in [6, 6.07) is 23.9. The van der Waals surface area contributed by atoms with Crippen molar-refractivity contribution < 1.29 is 5.73 Å². The molecule has 3 rings (SSSR count). The molecule has 0 radical (unpaired) electrons. The van der Waals surface area contributed by atoms with E-state index in [1.807, 2.05) is 0 Å². The van der Waals surface area contributed by atoms with Gasteiger partial charge in [-0.15, -0.1) is 0 Å². The Labute approximate surface area is 113 Å². The van der Waals surface area contributed by atoms with E-state index in [0.717, 1.165) is 0 Å². The largest absolute Gasteiger partial charge is 0.348 e. The van der Waals surface area contributed by atoms with Crippen molar-refractivity contribution in [3.8, 4) is 0 Å². The van der Waals surface area contributed by atoms with E-state index in [0.29, 0.717) is 0 Å². The highest BCUT2D eigenvalue weighted by molar-refractivity contribution is 5.83. The van der Waals surface area contributed by atoms with Crippen molar-refractivity contribution >= 4 is 10.8 Å². The average molecular weight is 248 g/mol. The standard InChI is InChI=1S/C18H17N/c1-13-6-8-15(9-7-13)18(19)17-11-10-14-4-2-3-5-16(14)12-17/h2-12,18H,19H2,1H3/p+1. The van der Waals surface area contributed by atoms with Crippen LogP contribution in [0.5, 0.6) is 0 Å². The lowest BCUT2D eigenvalue weighted by atomic mass is 9.96. The van der Waals surface area contributed by atoms with E-state index in [1.165, 1.54) is 27.5 Å². The number of hydrogen-bond donors (Lipinski definition) is 1. The van der Waals surface area contributed by atoms with Gasteiger partial charge in [-0.3, -0.25) is 0 Å². The maximum atomic E-state index is 4.31. The van der Waals surface area contributed by atoms with E-state index in [9.17, 15) is 0 Å². The molecule has 3 N–H and O–H groups in total. The summed E-state index contributed by atoms with van der Waals surface area (Å²) in [6.07, 6.45) is 0. The SMILES string of the molecule is Cc1ccc(C([NH3+])c2ccc3ccccc3c2)cc1. The van der Waals surface area contributed by atoms with E-state index in [2.05, 4.69) is 79.4 Å². The molecule has 3 aromatic carbocycles. The van der Waals surface area contributed by atoms with Crippen LogP contribution in [0.15, 0.2) is 66.7 Å². The summed E-state index contributed by atoms with van der Waals surface area (Å²) in [6.45, 7) is 2.11. The average Bonchev–Trinajstić information content (AvgIpc) is 2.47. The smallest absolute Gasteiger partial charge is 0.136 e. The summed E-state index contributed by atoms with van der Waals surface area (Å²) in [5, 5.41) is 2.56. The summed E-state index contributed by atoms with van der Waals surface area (Å²) in [5.41, 5.74) is 8.13. The first-order valence-electron chi connectivity index (χ1n) is 6.62. The molecule has 0 spiro atoms. The molecule has 0 aliphatic carbocycles. The van der Waals surface area contributed by atoms with Crippen LogP contribution in [0.1, 0.15) is 22.7 Å². The summed E-state index contributed by atoms with van der Waals surface area (Å²) in [5.74, 6) is 0. The maximum absolute atomic E-state index is 4.31. The maximum Gasteiger partial charge on any atom is 0.136 e. The van der Waals surface area contributed by atoms with Crippen molar-refractivity contribution in [1.29, 1.82) is 0 Å². The normalized spacial score (nSPS) is 12.5.